The van der Waals surface area contributed by atoms with Gasteiger partial charge in [-0.25, -0.2) is 4.68 Å². The summed E-state index contributed by atoms with van der Waals surface area (Å²) >= 11 is 0. The summed E-state index contributed by atoms with van der Waals surface area (Å²) in [5.74, 6) is -0.221. The molecule has 2 aromatic carbocycles. The smallest absolute Gasteiger partial charge is 0.295 e. The zero-order valence-electron chi connectivity index (χ0n) is 33.3. The van der Waals surface area contributed by atoms with Crippen LogP contribution in [0.2, 0.25) is 0 Å². The van der Waals surface area contributed by atoms with E-state index in [-0.39, 0.29) is 49.0 Å². The second-order valence-corrected chi connectivity index (χ2v) is 15.6. The van der Waals surface area contributed by atoms with Crippen molar-refractivity contribution in [2.24, 2.45) is 0 Å². The Balaban J connectivity index is 1.04. The number of ether oxygens (including phenoxy) is 2. The lowest BCUT2D eigenvalue weighted by molar-refractivity contribution is -0.128. The quantitative estimate of drug-likeness (QED) is 0.0933. The number of benzene rings is 2. The molecule has 3 amide bonds. The van der Waals surface area contributed by atoms with Crippen LogP contribution in [0.1, 0.15) is 79.6 Å². The number of hydrogen-bond donors (Lipinski definition) is 3. The summed E-state index contributed by atoms with van der Waals surface area (Å²) in [5, 5.41) is 21.4. The molecule has 1 aliphatic heterocycles. The van der Waals surface area contributed by atoms with Gasteiger partial charge in [-0.15, -0.1) is 5.10 Å². The van der Waals surface area contributed by atoms with Gasteiger partial charge in [0.15, 0.2) is 0 Å². The monoisotopic (exact) mass is 781 g/mol. The highest BCUT2D eigenvalue weighted by Crippen LogP contribution is 2.37. The van der Waals surface area contributed by atoms with Crippen molar-refractivity contribution in [1.82, 2.24) is 35.1 Å². The number of H-pyrrole nitrogens is 1. The molecule has 1 fully saturated rings. The topological polar surface area (TPSA) is 185 Å². The average molecular weight is 782 g/mol. The average Bonchev–Trinajstić information content (AvgIpc) is 3.97. The van der Waals surface area contributed by atoms with Gasteiger partial charge in [0.2, 0.25) is 5.91 Å². The van der Waals surface area contributed by atoms with E-state index < -0.39 is 23.4 Å². The van der Waals surface area contributed by atoms with E-state index in [1.807, 2.05) is 40.0 Å². The zero-order chi connectivity index (χ0) is 40.9. The molecule has 3 aromatic heterocycles. The maximum absolute atomic E-state index is 13.7. The van der Waals surface area contributed by atoms with Crippen molar-refractivity contribution >= 4 is 34.4 Å². The number of nitrogens with one attached hydrogen (secondary N) is 2. The molecule has 0 spiro atoms. The number of piperazine rings is 1. The fourth-order valence-corrected chi connectivity index (χ4v) is 6.89. The summed E-state index contributed by atoms with van der Waals surface area (Å²) in [6.45, 7) is 11.2. The lowest BCUT2D eigenvalue weighted by Gasteiger charge is -2.34. The van der Waals surface area contributed by atoms with Gasteiger partial charge in [0.1, 0.15) is 17.3 Å². The first-order valence-electron chi connectivity index (χ1n) is 19.1. The summed E-state index contributed by atoms with van der Waals surface area (Å²) in [5.41, 5.74) is 1.55. The largest absolute Gasteiger partial charge is 0.496 e. The first kappa shape index (κ1) is 40.9. The highest BCUT2D eigenvalue weighted by atomic mass is 16.5. The van der Waals surface area contributed by atoms with Gasteiger partial charge in [0.25, 0.3) is 17.6 Å². The molecule has 57 heavy (non-hydrogen) atoms. The number of fused-ring (bicyclic) bond motifs is 1. The van der Waals surface area contributed by atoms with Crippen LogP contribution >= 0.6 is 0 Å². The molecule has 0 saturated carbocycles. The van der Waals surface area contributed by atoms with Gasteiger partial charge in [0.05, 0.1) is 59.5 Å². The van der Waals surface area contributed by atoms with E-state index in [1.165, 1.54) is 18.2 Å². The summed E-state index contributed by atoms with van der Waals surface area (Å²) in [6.07, 6.45) is 4.03. The molecule has 6 rings (SSSR count). The minimum atomic E-state index is -0.733. The standard InChI is InChI=1S/C42H51N7O8/c1-27(50)22-29-26-49(46-45-29)41(2,3)16-21-56-42(4,5)23-35(51)43-24-30-12-14-33(57-30)31-13-15-34(55-6)36-32(25-44-37(31)36)38(52)40(54)48-19-17-47(18-20-48)39(53)28-10-8-7-9-11-28/h7-15,25-27,44,50H,16-24H2,1-6H3,(H,43,51). The van der Waals surface area contributed by atoms with E-state index in [4.69, 9.17) is 13.9 Å². The van der Waals surface area contributed by atoms with Crippen LogP contribution in [-0.4, -0.2) is 110 Å². The zero-order valence-corrected chi connectivity index (χ0v) is 33.3. The number of hydrogen-bond acceptors (Lipinski definition) is 10. The fourth-order valence-electron chi connectivity index (χ4n) is 6.89. The van der Waals surface area contributed by atoms with Crippen LogP contribution in [0, 0.1) is 0 Å². The Kier molecular flexibility index (Phi) is 12.3. The molecule has 1 atom stereocenters. The minimum Gasteiger partial charge on any atom is -0.496 e. The lowest BCUT2D eigenvalue weighted by atomic mass is 10.0. The van der Waals surface area contributed by atoms with E-state index in [1.54, 1.807) is 65.0 Å². The van der Waals surface area contributed by atoms with E-state index in [2.05, 4.69) is 20.6 Å². The lowest BCUT2D eigenvalue weighted by Crippen LogP contribution is -2.52. The Morgan fingerprint density at radius 2 is 1.70 bits per heavy atom. The van der Waals surface area contributed by atoms with Gasteiger partial charge in [0, 0.05) is 62.7 Å². The third-order valence-corrected chi connectivity index (χ3v) is 10.2. The minimum absolute atomic E-state index is 0.110. The van der Waals surface area contributed by atoms with Crippen LogP contribution in [0.4, 0.5) is 0 Å². The van der Waals surface area contributed by atoms with E-state index in [0.29, 0.717) is 71.8 Å². The molecule has 15 heteroatoms. The Bertz CT molecular complexity index is 2210. The molecule has 0 aliphatic carbocycles. The SMILES string of the molecule is COc1ccc(-c2ccc(CNC(=O)CC(C)(C)OCCC(C)(C)n3cc(CC(C)O)nn3)o2)c2[nH]cc(C(=O)C(=O)N3CCN(C(=O)c4ccccc4)CC3)c12. The number of aromatic nitrogens is 4. The predicted octanol–water partition coefficient (Wildman–Crippen LogP) is 4.75. The van der Waals surface area contributed by atoms with Crippen molar-refractivity contribution in [3.63, 3.8) is 0 Å². The van der Waals surface area contributed by atoms with Crippen LogP contribution in [0.15, 0.2) is 71.4 Å². The highest BCUT2D eigenvalue weighted by molar-refractivity contribution is 6.45. The van der Waals surface area contributed by atoms with Crippen LogP contribution in [0.25, 0.3) is 22.2 Å². The van der Waals surface area contributed by atoms with E-state index >= 15 is 0 Å². The number of methoxy groups -OCH3 is 1. The van der Waals surface area contributed by atoms with Crippen LogP contribution < -0.4 is 10.1 Å². The summed E-state index contributed by atoms with van der Waals surface area (Å²) in [7, 11) is 1.50. The fraction of sp³-hybridized carbons (Fsp3) is 0.429. The number of aromatic amines is 1. The Morgan fingerprint density at radius 1 is 0.982 bits per heavy atom. The van der Waals surface area contributed by atoms with Crippen molar-refractivity contribution in [2.75, 3.05) is 39.9 Å². The number of aliphatic hydroxyl groups excluding tert-OH is 1. The Morgan fingerprint density at radius 3 is 2.40 bits per heavy atom. The van der Waals surface area contributed by atoms with Gasteiger partial charge >= 0.3 is 0 Å². The molecule has 1 saturated heterocycles. The number of furan rings is 1. The second kappa shape index (κ2) is 17.1. The van der Waals surface area contributed by atoms with Gasteiger partial charge in [-0.1, -0.05) is 23.4 Å². The normalized spacial score (nSPS) is 14.2. The van der Waals surface area contributed by atoms with E-state index in [9.17, 15) is 24.3 Å². The summed E-state index contributed by atoms with van der Waals surface area (Å²) in [4.78, 5) is 59.4. The number of amides is 3. The molecule has 4 heterocycles. The number of nitrogens with zero attached hydrogens (tertiary/aromatic N) is 5. The molecule has 1 unspecified atom stereocenters. The van der Waals surface area contributed by atoms with E-state index in [0.717, 1.165) is 5.69 Å². The number of aliphatic hydroxyl groups is 1. The summed E-state index contributed by atoms with van der Waals surface area (Å²) < 4.78 is 19.7. The Labute approximate surface area is 331 Å². The molecular weight excluding hydrogens is 731 g/mol. The molecule has 302 valence electrons. The molecule has 15 nitrogen and oxygen atoms in total. The third kappa shape index (κ3) is 9.60. The number of ketones is 1. The number of carbonyl (C=O) groups is 4. The molecule has 0 bridgehead atoms. The summed E-state index contributed by atoms with van der Waals surface area (Å²) in [6, 6.07) is 16.0. The number of rotatable bonds is 16. The second-order valence-electron chi connectivity index (χ2n) is 15.6. The molecule has 0 radical (unpaired) electrons. The van der Waals surface area contributed by atoms with Crippen LogP contribution in [-0.2, 0) is 32.8 Å². The first-order chi connectivity index (χ1) is 27.2. The van der Waals surface area contributed by atoms with Crippen molar-refractivity contribution in [2.45, 2.75) is 77.7 Å². The van der Waals surface area contributed by atoms with Crippen molar-refractivity contribution in [3.05, 3.63) is 89.6 Å². The Hall–Kier alpha value is -5.80. The maximum Gasteiger partial charge on any atom is 0.295 e. The predicted molar refractivity (Wildman–Crippen MR) is 212 cm³/mol. The van der Waals surface area contributed by atoms with Gasteiger partial charge in [-0.05, 0) is 77.4 Å². The van der Waals surface area contributed by atoms with Gasteiger partial charge in [-0.3, -0.25) is 19.2 Å². The van der Waals surface area contributed by atoms with Gasteiger partial charge in [-0.2, -0.15) is 0 Å². The van der Waals surface area contributed by atoms with Crippen molar-refractivity contribution in [3.8, 4) is 17.1 Å². The molecule has 5 aromatic rings. The highest BCUT2D eigenvalue weighted by Gasteiger charge is 2.32. The number of Topliss-reactive ketones (excluding diaryl/α,β-unsaturated/α-hetero) is 1. The number of carbonyl (C=O) groups excluding carboxylic acids is 4. The van der Waals surface area contributed by atoms with Crippen molar-refractivity contribution in [1.29, 1.82) is 0 Å². The molecule has 1 aliphatic rings. The maximum atomic E-state index is 13.7. The van der Waals surface area contributed by atoms with Crippen LogP contribution in [0.5, 0.6) is 5.75 Å². The molecule has 3 N–H and O–H groups in total. The third-order valence-electron chi connectivity index (χ3n) is 10.2. The van der Waals surface area contributed by atoms with Crippen molar-refractivity contribution < 1.29 is 38.2 Å². The van der Waals surface area contributed by atoms with Crippen LogP contribution in [0.3, 0.4) is 0 Å². The first-order valence-corrected chi connectivity index (χ1v) is 19.1. The van der Waals surface area contributed by atoms with Gasteiger partial charge < -0.3 is 39.1 Å². The molecular formula is C42H51N7O8.